The first-order valence-electron chi connectivity index (χ1n) is 9.60. The number of hydrogen-bond donors (Lipinski definition) is 0. The van der Waals surface area contributed by atoms with Crippen LogP contribution in [0.15, 0.2) is 47.4 Å². The molecule has 0 radical (unpaired) electrons. The Morgan fingerprint density at radius 3 is 2.45 bits per heavy atom. The number of benzene rings is 2. The van der Waals surface area contributed by atoms with E-state index in [0.29, 0.717) is 30.1 Å². The summed E-state index contributed by atoms with van der Waals surface area (Å²) in [4.78, 5) is 15.0. The maximum absolute atomic E-state index is 13.3. The zero-order valence-electron chi connectivity index (χ0n) is 17.3. The fraction of sp³-hybridized carbons (Fsp3) is 0.350. The van der Waals surface area contributed by atoms with Crippen molar-refractivity contribution in [2.75, 3.05) is 42.6 Å². The lowest BCUT2D eigenvalue weighted by atomic mass is 10.1. The first-order valence-corrected chi connectivity index (χ1v) is 12.9. The quantitative estimate of drug-likeness (QED) is 0.669. The Bertz CT molecular complexity index is 1260. The van der Waals surface area contributed by atoms with Crippen LogP contribution in [0.2, 0.25) is 0 Å². The SMILES string of the molecule is CN(C)S(=O)(=O)c1ccc2c(c1)CCN2C(=O)[C@@H]1CN(S(C)(=O)=O)c2ccccc2O1. The molecule has 0 N–H and O–H groups in total. The topological polar surface area (TPSA) is 104 Å². The summed E-state index contributed by atoms with van der Waals surface area (Å²) in [5.74, 6) is -0.0468. The summed E-state index contributed by atoms with van der Waals surface area (Å²) in [5, 5.41) is 0. The van der Waals surface area contributed by atoms with E-state index in [0.717, 1.165) is 16.1 Å². The number of ether oxygens (including phenoxy) is 1. The molecule has 11 heteroatoms. The molecule has 0 spiro atoms. The van der Waals surface area contributed by atoms with E-state index in [-0.39, 0.29) is 17.3 Å². The fourth-order valence-electron chi connectivity index (χ4n) is 3.80. The minimum Gasteiger partial charge on any atom is -0.476 e. The first-order chi connectivity index (χ1) is 14.5. The minimum absolute atomic E-state index is 0.131. The van der Waals surface area contributed by atoms with E-state index in [9.17, 15) is 21.6 Å². The van der Waals surface area contributed by atoms with Crippen LogP contribution in [0.5, 0.6) is 5.75 Å². The molecular formula is C20H23N3O6S2. The number of amides is 1. The van der Waals surface area contributed by atoms with Crippen LogP contribution in [-0.4, -0.2) is 66.6 Å². The van der Waals surface area contributed by atoms with E-state index in [4.69, 9.17) is 4.74 Å². The Morgan fingerprint density at radius 1 is 1.06 bits per heavy atom. The third-order valence-corrected chi connectivity index (χ3v) is 8.36. The predicted octanol–water partition coefficient (Wildman–Crippen LogP) is 1.05. The number of para-hydroxylation sites is 2. The monoisotopic (exact) mass is 465 g/mol. The average Bonchev–Trinajstić information content (AvgIpc) is 3.14. The lowest BCUT2D eigenvalue weighted by Crippen LogP contribution is -2.51. The molecule has 0 saturated carbocycles. The van der Waals surface area contributed by atoms with Crippen LogP contribution in [0.3, 0.4) is 0 Å². The summed E-state index contributed by atoms with van der Waals surface area (Å²) in [6, 6.07) is 11.3. The number of sulfonamides is 2. The van der Waals surface area contributed by atoms with Crippen molar-refractivity contribution < 1.29 is 26.4 Å². The summed E-state index contributed by atoms with van der Waals surface area (Å²) in [6.45, 7) is 0.230. The standard InChI is InChI=1S/C20H23N3O6S2/c1-21(2)31(27,28)15-8-9-16-14(12-15)10-11-22(16)20(24)19-13-23(30(3,25)26)17-6-4-5-7-18(17)29-19/h4-9,12,19H,10-11,13H2,1-3H3/t19-/m0/s1. The van der Waals surface area contributed by atoms with E-state index in [1.165, 1.54) is 29.4 Å². The Morgan fingerprint density at radius 2 is 1.77 bits per heavy atom. The van der Waals surface area contributed by atoms with Gasteiger partial charge in [0, 0.05) is 26.3 Å². The number of anilines is 2. The first kappa shape index (κ1) is 21.6. The Kier molecular flexibility index (Phi) is 5.23. The zero-order valence-corrected chi connectivity index (χ0v) is 19.0. The predicted molar refractivity (Wildman–Crippen MR) is 116 cm³/mol. The van der Waals surface area contributed by atoms with Crippen LogP contribution in [0, 0.1) is 0 Å². The summed E-state index contributed by atoms with van der Waals surface area (Å²) < 4.78 is 57.6. The highest BCUT2D eigenvalue weighted by atomic mass is 32.2. The summed E-state index contributed by atoms with van der Waals surface area (Å²) >= 11 is 0. The lowest BCUT2D eigenvalue weighted by molar-refractivity contribution is -0.125. The van der Waals surface area contributed by atoms with Crippen molar-refractivity contribution in [3.05, 3.63) is 48.0 Å². The second-order valence-electron chi connectivity index (χ2n) is 7.69. The van der Waals surface area contributed by atoms with Crippen LogP contribution in [0.25, 0.3) is 0 Å². The second-order valence-corrected chi connectivity index (χ2v) is 11.7. The molecule has 0 unspecified atom stereocenters. The molecule has 31 heavy (non-hydrogen) atoms. The Hall–Kier alpha value is -2.63. The van der Waals surface area contributed by atoms with Gasteiger partial charge in [0.1, 0.15) is 5.75 Å². The molecule has 2 heterocycles. The van der Waals surface area contributed by atoms with E-state index in [2.05, 4.69) is 0 Å². The van der Waals surface area contributed by atoms with Crippen molar-refractivity contribution in [3.8, 4) is 5.75 Å². The highest BCUT2D eigenvalue weighted by molar-refractivity contribution is 7.92. The molecule has 1 amide bonds. The number of fused-ring (bicyclic) bond motifs is 2. The van der Waals surface area contributed by atoms with Crippen LogP contribution in [-0.2, 0) is 31.3 Å². The van der Waals surface area contributed by atoms with Crippen LogP contribution in [0.1, 0.15) is 5.56 Å². The Balaban J connectivity index is 1.64. The van der Waals surface area contributed by atoms with Crippen molar-refractivity contribution in [1.29, 1.82) is 0 Å². The summed E-state index contributed by atoms with van der Waals surface area (Å²) in [5.41, 5.74) is 1.75. The van der Waals surface area contributed by atoms with Gasteiger partial charge in [-0.05, 0) is 42.3 Å². The number of nitrogens with zero attached hydrogens (tertiary/aromatic N) is 3. The van der Waals surface area contributed by atoms with E-state index in [1.807, 2.05) is 0 Å². The molecule has 2 aliphatic heterocycles. The number of carbonyl (C=O) groups excluding carboxylic acids is 1. The van der Waals surface area contributed by atoms with Crippen molar-refractivity contribution in [2.45, 2.75) is 17.4 Å². The molecule has 0 aromatic heterocycles. The molecule has 0 bridgehead atoms. The summed E-state index contributed by atoms with van der Waals surface area (Å²) in [6.07, 6.45) is 0.576. The fourth-order valence-corrected chi connectivity index (χ4v) is 5.66. The zero-order chi connectivity index (χ0) is 22.6. The largest absolute Gasteiger partial charge is 0.476 e. The molecule has 2 aromatic rings. The molecule has 0 saturated heterocycles. The van der Waals surface area contributed by atoms with E-state index >= 15 is 0 Å². The molecule has 166 valence electrons. The highest BCUT2D eigenvalue weighted by Gasteiger charge is 2.39. The van der Waals surface area contributed by atoms with Crippen molar-refractivity contribution >= 4 is 37.3 Å². The third kappa shape index (κ3) is 3.77. The van der Waals surface area contributed by atoms with Gasteiger partial charge in [-0.25, -0.2) is 21.1 Å². The van der Waals surface area contributed by atoms with Gasteiger partial charge < -0.3 is 9.64 Å². The Labute approximate surface area is 181 Å². The van der Waals surface area contributed by atoms with Gasteiger partial charge in [0.05, 0.1) is 23.4 Å². The smallest absolute Gasteiger partial charge is 0.269 e. The van der Waals surface area contributed by atoms with Crippen LogP contribution < -0.4 is 13.9 Å². The number of rotatable bonds is 4. The van der Waals surface area contributed by atoms with Crippen molar-refractivity contribution in [1.82, 2.24) is 4.31 Å². The van der Waals surface area contributed by atoms with Gasteiger partial charge >= 0.3 is 0 Å². The molecule has 0 aliphatic carbocycles. The molecule has 9 nitrogen and oxygen atoms in total. The average molecular weight is 466 g/mol. The highest BCUT2D eigenvalue weighted by Crippen LogP contribution is 2.37. The third-order valence-electron chi connectivity index (χ3n) is 5.40. The molecule has 2 aliphatic rings. The maximum atomic E-state index is 13.3. The van der Waals surface area contributed by atoms with Gasteiger partial charge in [-0.15, -0.1) is 0 Å². The van der Waals surface area contributed by atoms with Crippen molar-refractivity contribution in [2.24, 2.45) is 0 Å². The van der Waals surface area contributed by atoms with Gasteiger partial charge in [0.15, 0.2) is 6.10 Å². The second kappa shape index (κ2) is 7.50. The number of carbonyl (C=O) groups is 1. The van der Waals surface area contributed by atoms with Crippen LogP contribution in [0.4, 0.5) is 11.4 Å². The van der Waals surface area contributed by atoms with E-state index < -0.39 is 26.2 Å². The minimum atomic E-state index is -3.61. The molecule has 2 aromatic carbocycles. The molecular weight excluding hydrogens is 442 g/mol. The lowest BCUT2D eigenvalue weighted by Gasteiger charge is -2.35. The maximum Gasteiger partial charge on any atom is 0.269 e. The van der Waals surface area contributed by atoms with Crippen LogP contribution >= 0.6 is 0 Å². The molecule has 1 atom stereocenters. The van der Waals surface area contributed by atoms with E-state index in [1.54, 1.807) is 36.4 Å². The van der Waals surface area contributed by atoms with Crippen molar-refractivity contribution in [3.63, 3.8) is 0 Å². The van der Waals surface area contributed by atoms with Gasteiger partial charge in [0.25, 0.3) is 5.91 Å². The van der Waals surface area contributed by atoms with Gasteiger partial charge in [-0.2, -0.15) is 0 Å². The number of hydrogen-bond acceptors (Lipinski definition) is 6. The molecule has 0 fully saturated rings. The normalized spacial score (nSPS) is 18.5. The molecule has 4 rings (SSSR count). The van der Waals surface area contributed by atoms with Gasteiger partial charge in [-0.1, -0.05) is 12.1 Å². The van der Waals surface area contributed by atoms with Gasteiger partial charge in [-0.3, -0.25) is 9.10 Å². The summed E-state index contributed by atoms with van der Waals surface area (Å²) in [7, 11) is -4.27. The van der Waals surface area contributed by atoms with Gasteiger partial charge in [0.2, 0.25) is 20.0 Å².